The van der Waals surface area contributed by atoms with Gasteiger partial charge in [-0.3, -0.25) is 9.78 Å². The summed E-state index contributed by atoms with van der Waals surface area (Å²) < 4.78 is 5.30. The van der Waals surface area contributed by atoms with Crippen molar-refractivity contribution in [3.8, 4) is 0 Å². The smallest absolute Gasteiger partial charge is 0.255 e. The number of carbonyl (C=O) groups excluding carboxylic acids is 1. The van der Waals surface area contributed by atoms with Crippen LogP contribution in [0.2, 0.25) is 0 Å². The van der Waals surface area contributed by atoms with Crippen LogP contribution in [0.5, 0.6) is 0 Å². The average molecular weight is 365 g/mol. The van der Waals surface area contributed by atoms with Gasteiger partial charge in [-0.2, -0.15) is 0 Å². The van der Waals surface area contributed by atoms with Gasteiger partial charge in [-0.1, -0.05) is 6.07 Å². The predicted octanol–water partition coefficient (Wildman–Crippen LogP) is 4.30. The highest BCUT2D eigenvalue weighted by atomic mass is 32.1. The van der Waals surface area contributed by atoms with E-state index in [9.17, 15) is 4.79 Å². The normalized spacial score (nSPS) is 13.7. The lowest BCUT2D eigenvalue weighted by molar-refractivity contribution is 0.0948. The van der Waals surface area contributed by atoms with Crippen molar-refractivity contribution < 1.29 is 9.21 Å². The Morgan fingerprint density at radius 1 is 1.31 bits per heavy atom. The number of amides is 1. The molecule has 3 aromatic heterocycles. The van der Waals surface area contributed by atoms with Gasteiger partial charge in [0.2, 0.25) is 0 Å². The first kappa shape index (κ1) is 16.7. The molecule has 1 aliphatic rings. The van der Waals surface area contributed by atoms with Crippen molar-refractivity contribution in [3.63, 3.8) is 0 Å². The summed E-state index contributed by atoms with van der Waals surface area (Å²) in [7, 11) is 0. The topological polar surface area (TPSA) is 67.5 Å². The molecule has 0 atom stereocenters. The molecule has 3 aromatic rings. The standard InChI is InChI=1S/C20H19N3O2S/c24-19(22-13-15-6-4-10-25-15)18-16-7-1-2-8-17(16)26-20(18)23-12-14-5-3-9-21-11-14/h3-6,9-12H,1-2,7-8,13H2,(H,22,24). The van der Waals surface area contributed by atoms with E-state index in [2.05, 4.69) is 15.3 Å². The fourth-order valence-electron chi connectivity index (χ4n) is 3.13. The molecule has 0 aromatic carbocycles. The number of nitrogens with one attached hydrogen (secondary N) is 1. The maximum atomic E-state index is 12.9. The molecule has 0 saturated heterocycles. The minimum Gasteiger partial charge on any atom is -0.467 e. The van der Waals surface area contributed by atoms with E-state index in [0.717, 1.165) is 46.7 Å². The Bertz CT molecular complexity index is 914. The molecule has 6 heteroatoms. The quantitative estimate of drug-likeness (QED) is 0.686. The summed E-state index contributed by atoms with van der Waals surface area (Å²) >= 11 is 1.63. The van der Waals surface area contributed by atoms with Crippen LogP contribution < -0.4 is 5.32 Å². The minimum atomic E-state index is -0.0841. The molecule has 1 aliphatic carbocycles. The Morgan fingerprint density at radius 3 is 3.04 bits per heavy atom. The van der Waals surface area contributed by atoms with E-state index >= 15 is 0 Å². The van der Waals surface area contributed by atoms with Crippen LogP contribution in [-0.2, 0) is 19.4 Å². The monoisotopic (exact) mass is 365 g/mol. The second kappa shape index (κ2) is 7.66. The molecule has 26 heavy (non-hydrogen) atoms. The first-order valence-electron chi connectivity index (χ1n) is 8.70. The second-order valence-electron chi connectivity index (χ2n) is 6.20. The molecule has 0 radical (unpaired) electrons. The molecule has 0 aliphatic heterocycles. The Morgan fingerprint density at radius 2 is 2.23 bits per heavy atom. The number of hydrogen-bond donors (Lipinski definition) is 1. The third-order valence-electron chi connectivity index (χ3n) is 4.40. The number of aryl methyl sites for hydroxylation is 1. The van der Waals surface area contributed by atoms with Gasteiger partial charge in [-0.15, -0.1) is 11.3 Å². The number of hydrogen-bond acceptors (Lipinski definition) is 5. The number of nitrogens with zero attached hydrogens (tertiary/aromatic N) is 2. The van der Waals surface area contributed by atoms with Gasteiger partial charge in [-0.25, -0.2) is 4.99 Å². The van der Waals surface area contributed by atoms with Gasteiger partial charge in [0.15, 0.2) is 0 Å². The Balaban J connectivity index is 1.62. The van der Waals surface area contributed by atoms with E-state index in [1.54, 1.807) is 36.2 Å². The number of rotatable bonds is 5. The second-order valence-corrected chi connectivity index (χ2v) is 7.28. The zero-order chi connectivity index (χ0) is 17.8. The Labute approximate surface area is 155 Å². The summed E-state index contributed by atoms with van der Waals surface area (Å²) in [6, 6.07) is 7.49. The molecule has 0 bridgehead atoms. The number of aromatic nitrogens is 1. The molecule has 0 unspecified atom stereocenters. The van der Waals surface area contributed by atoms with E-state index in [0.29, 0.717) is 6.54 Å². The summed E-state index contributed by atoms with van der Waals surface area (Å²) in [6.45, 7) is 0.377. The first-order valence-corrected chi connectivity index (χ1v) is 9.52. The van der Waals surface area contributed by atoms with Gasteiger partial charge >= 0.3 is 0 Å². The number of thiophene rings is 1. The lowest BCUT2D eigenvalue weighted by Crippen LogP contribution is -2.23. The zero-order valence-corrected chi connectivity index (χ0v) is 15.1. The summed E-state index contributed by atoms with van der Waals surface area (Å²) in [6.07, 6.45) is 11.1. The molecule has 1 N–H and O–H groups in total. The maximum Gasteiger partial charge on any atom is 0.255 e. The molecular weight excluding hydrogens is 346 g/mol. The third-order valence-corrected chi connectivity index (χ3v) is 5.60. The van der Waals surface area contributed by atoms with Crippen LogP contribution in [0, 0.1) is 0 Å². The zero-order valence-electron chi connectivity index (χ0n) is 14.3. The minimum absolute atomic E-state index is 0.0841. The van der Waals surface area contributed by atoms with Gasteiger partial charge in [-0.05, 0) is 49.4 Å². The van der Waals surface area contributed by atoms with E-state index in [1.165, 1.54) is 11.3 Å². The number of pyridine rings is 1. The van der Waals surface area contributed by atoms with E-state index < -0.39 is 0 Å². The Hall–Kier alpha value is -2.73. The molecule has 0 spiro atoms. The van der Waals surface area contributed by atoms with Crippen molar-refractivity contribution >= 4 is 28.5 Å². The lowest BCUT2D eigenvalue weighted by Gasteiger charge is -2.12. The van der Waals surface area contributed by atoms with E-state index in [4.69, 9.17) is 4.42 Å². The molecular formula is C20H19N3O2S. The van der Waals surface area contributed by atoms with Crippen molar-refractivity contribution in [3.05, 3.63) is 70.3 Å². The molecule has 0 fully saturated rings. The maximum absolute atomic E-state index is 12.9. The fraction of sp³-hybridized carbons (Fsp3) is 0.250. The average Bonchev–Trinajstić information content (AvgIpc) is 3.32. The van der Waals surface area contributed by atoms with Crippen LogP contribution in [0.3, 0.4) is 0 Å². The number of aliphatic imine (C=N–C) groups is 1. The van der Waals surface area contributed by atoms with Gasteiger partial charge in [0.25, 0.3) is 5.91 Å². The summed E-state index contributed by atoms with van der Waals surface area (Å²) in [5.74, 6) is 0.655. The van der Waals surface area contributed by atoms with Gasteiger partial charge < -0.3 is 9.73 Å². The van der Waals surface area contributed by atoms with Gasteiger partial charge in [0.1, 0.15) is 10.8 Å². The van der Waals surface area contributed by atoms with Crippen LogP contribution in [-0.4, -0.2) is 17.1 Å². The van der Waals surface area contributed by atoms with Crippen molar-refractivity contribution in [2.24, 2.45) is 4.99 Å². The highest BCUT2D eigenvalue weighted by molar-refractivity contribution is 7.16. The number of carbonyl (C=O) groups is 1. The van der Waals surface area contributed by atoms with Gasteiger partial charge in [0.05, 0.1) is 18.4 Å². The Kier molecular flexibility index (Phi) is 4.93. The molecule has 132 valence electrons. The van der Waals surface area contributed by atoms with Crippen molar-refractivity contribution in [1.29, 1.82) is 0 Å². The third kappa shape index (κ3) is 3.60. The highest BCUT2D eigenvalue weighted by Crippen LogP contribution is 2.39. The van der Waals surface area contributed by atoms with Crippen LogP contribution in [0.1, 0.15) is 45.0 Å². The lowest BCUT2D eigenvalue weighted by atomic mass is 9.95. The molecule has 4 rings (SSSR count). The first-order chi connectivity index (χ1) is 12.8. The molecule has 0 saturated carbocycles. The summed E-state index contributed by atoms with van der Waals surface area (Å²) in [5, 5.41) is 3.74. The SMILES string of the molecule is O=C(NCc1ccco1)c1c(N=Cc2cccnc2)sc2c1CCCC2. The van der Waals surface area contributed by atoms with Crippen LogP contribution in [0.25, 0.3) is 0 Å². The number of furan rings is 1. The van der Waals surface area contributed by atoms with Crippen molar-refractivity contribution in [1.82, 2.24) is 10.3 Å². The number of fused-ring (bicyclic) bond motifs is 1. The molecule has 5 nitrogen and oxygen atoms in total. The summed E-state index contributed by atoms with van der Waals surface area (Å²) in [4.78, 5) is 22.9. The predicted molar refractivity (Wildman–Crippen MR) is 102 cm³/mol. The van der Waals surface area contributed by atoms with Crippen LogP contribution in [0.15, 0.2) is 52.3 Å². The van der Waals surface area contributed by atoms with Crippen LogP contribution >= 0.6 is 11.3 Å². The highest BCUT2D eigenvalue weighted by Gasteiger charge is 2.25. The van der Waals surface area contributed by atoms with Crippen LogP contribution in [0.4, 0.5) is 5.00 Å². The van der Waals surface area contributed by atoms with Gasteiger partial charge in [0, 0.05) is 29.0 Å². The molecule has 1 amide bonds. The van der Waals surface area contributed by atoms with E-state index in [-0.39, 0.29) is 5.91 Å². The largest absolute Gasteiger partial charge is 0.467 e. The fourth-order valence-corrected chi connectivity index (χ4v) is 4.36. The summed E-state index contributed by atoms with van der Waals surface area (Å²) in [5.41, 5.74) is 2.80. The van der Waals surface area contributed by atoms with E-state index in [1.807, 2.05) is 24.3 Å². The molecule has 3 heterocycles. The van der Waals surface area contributed by atoms with Crippen molar-refractivity contribution in [2.45, 2.75) is 32.2 Å². The van der Waals surface area contributed by atoms with Crippen molar-refractivity contribution in [2.75, 3.05) is 0 Å².